The van der Waals surface area contributed by atoms with Crippen LogP contribution in [0.25, 0.3) is 0 Å². The molecule has 2 atom stereocenters. The number of aliphatic hydroxyl groups is 1. The first-order valence-corrected chi connectivity index (χ1v) is 10.1. The highest BCUT2D eigenvalue weighted by molar-refractivity contribution is 5.76. The minimum atomic E-state index is -0.496. The summed E-state index contributed by atoms with van der Waals surface area (Å²) in [4.78, 5) is 12.6. The summed E-state index contributed by atoms with van der Waals surface area (Å²) in [5.74, 6) is 2.79. The predicted octanol–water partition coefficient (Wildman–Crippen LogP) is 3.08. The van der Waals surface area contributed by atoms with E-state index in [1.807, 2.05) is 18.2 Å². The molecule has 0 saturated heterocycles. The molecular weight excluding hydrogens is 342 g/mol. The van der Waals surface area contributed by atoms with Crippen molar-refractivity contribution in [1.29, 1.82) is 0 Å². The zero-order valence-corrected chi connectivity index (χ0v) is 16.4. The molecule has 5 nitrogen and oxygen atoms in total. The van der Waals surface area contributed by atoms with E-state index in [0.29, 0.717) is 36.3 Å². The lowest BCUT2D eigenvalue weighted by Gasteiger charge is -2.60. The predicted molar refractivity (Wildman–Crippen MR) is 103 cm³/mol. The van der Waals surface area contributed by atoms with E-state index in [-0.39, 0.29) is 11.3 Å². The van der Waals surface area contributed by atoms with Gasteiger partial charge in [0.05, 0.1) is 19.8 Å². The van der Waals surface area contributed by atoms with E-state index < -0.39 is 5.60 Å². The van der Waals surface area contributed by atoms with E-state index >= 15 is 0 Å². The smallest absolute Gasteiger partial charge is 0.220 e. The number of carbonyl (C=O) groups is 1. The lowest BCUT2D eigenvalue weighted by Crippen LogP contribution is -2.56. The summed E-state index contributed by atoms with van der Waals surface area (Å²) in [5.41, 5.74) is 0.646. The molecule has 2 N–H and O–H groups in total. The Morgan fingerprint density at radius 3 is 2.48 bits per heavy atom. The SMILES string of the molecule is COc1ccc(CCNC(=O)CC23C[C@H]4C[C@@H](CC(O)(C4)C2)C3)cc1OC. The van der Waals surface area contributed by atoms with Crippen LogP contribution in [0.15, 0.2) is 18.2 Å². The van der Waals surface area contributed by atoms with Gasteiger partial charge in [0, 0.05) is 13.0 Å². The van der Waals surface area contributed by atoms with Gasteiger partial charge in [0.15, 0.2) is 11.5 Å². The van der Waals surface area contributed by atoms with E-state index in [0.717, 1.165) is 44.1 Å². The number of hydrogen-bond acceptors (Lipinski definition) is 4. The Bertz CT molecular complexity index is 702. The summed E-state index contributed by atoms with van der Waals surface area (Å²) in [5, 5.41) is 13.9. The Morgan fingerprint density at radius 2 is 1.85 bits per heavy atom. The van der Waals surface area contributed by atoms with Crippen molar-refractivity contribution in [3.05, 3.63) is 23.8 Å². The minimum absolute atomic E-state index is 0.0340. The number of ether oxygens (including phenoxy) is 2. The van der Waals surface area contributed by atoms with Crippen LogP contribution in [0.4, 0.5) is 0 Å². The van der Waals surface area contributed by atoms with E-state index in [2.05, 4.69) is 5.32 Å². The normalized spacial score (nSPS) is 33.7. The number of amides is 1. The second kappa shape index (κ2) is 7.01. The van der Waals surface area contributed by atoms with Crippen molar-refractivity contribution in [2.45, 2.75) is 57.0 Å². The quantitative estimate of drug-likeness (QED) is 0.771. The van der Waals surface area contributed by atoms with Gasteiger partial charge >= 0.3 is 0 Å². The van der Waals surface area contributed by atoms with Gasteiger partial charge in [0.2, 0.25) is 5.91 Å². The van der Waals surface area contributed by atoms with E-state index in [9.17, 15) is 9.90 Å². The maximum absolute atomic E-state index is 12.6. The third kappa shape index (κ3) is 3.79. The number of benzene rings is 1. The summed E-state index contributed by atoms with van der Waals surface area (Å²) < 4.78 is 10.6. The van der Waals surface area contributed by atoms with Crippen LogP contribution in [0.3, 0.4) is 0 Å². The molecule has 148 valence electrons. The topological polar surface area (TPSA) is 67.8 Å². The second-order valence-corrected chi connectivity index (χ2v) is 9.15. The van der Waals surface area contributed by atoms with Crippen LogP contribution in [0, 0.1) is 17.3 Å². The highest BCUT2D eigenvalue weighted by Gasteiger charge is 2.57. The van der Waals surface area contributed by atoms with Crippen LogP contribution in [0.2, 0.25) is 0 Å². The molecular formula is C22H31NO4. The minimum Gasteiger partial charge on any atom is -0.493 e. The summed E-state index contributed by atoms with van der Waals surface area (Å²) >= 11 is 0. The lowest BCUT2D eigenvalue weighted by molar-refractivity contribution is -0.169. The highest BCUT2D eigenvalue weighted by Crippen LogP contribution is 2.62. The third-order valence-electron chi connectivity index (χ3n) is 6.87. The van der Waals surface area contributed by atoms with E-state index in [1.165, 1.54) is 6.42 Å². The summed E-state index contributed by atoms with van der Waals surface area (Å²) in [6.45, 7) is 0.613. The Labute approximate surface area is 161 Å². The number of nitrogens with one attached hydrogen (secondary N) is 1. The molecule has 27 heavy (non-hydrogen) atoms. The van der Waals surface area contributed by atoms with Gasteiger partial charge in [-0.2, -0.15) is 0 Å². The van der Waals surface area contributed by atoms with Crippen LogP contribution in [0.1, 0.15) is 50.5 Å². The van der Waals surface area contributed by atoms with Crippen LogP contribution in [-0.2, 0) is 11.2 Å². The molecule has 4 saturated carbocycles. The first-order valence-electron chi connectivity index (χ1n) is 10.1. The van der Waals surface area contributed by atoms with Gasteiger partial charge in [0.25, 0.3) is 0 Å². The fourth-order valence-electron chi connectivity index (χ4n) is 6.39. The van der Waals surface area contributed by atoms with Gasteiger partial charge in [-0.25, -0.2) is 0 Å². The average molecular weight is 373 g/mol. The Kier molecular flexibility index (Phi) is 4.83. The van der Waals surface area contributed by atoms with Gasteiger partial charge in [0.1, 0.15) is 0 Å². The summed E-state index contributed by atoms with van der Waals surface area (Å²) in [7, 11) is 3.25. The fraction of sp³-hybridized carbons (Fsp3) is 0.682. The first-order chi connectivity index (χ1) is 12.9. The van der Waals surface area contributed by atoms with Gasteiger partial charge in [-0.3, -0.25) is 4.79 Å². The Morgan fingerprint density at radius 1 is 1.15 bits per heavy atom. The molecule has 1 aromatic carbocycles. The van der Waals surface area contributed by atoms with Crippen molar-refractivity contribution < 1.29 is 19.4 Å². The Hall–Kier alpha value is -1.75. The molecule has 4 aliphatic rings. The van der Waals surface area contributed by atoms with E-state index in [4.69, 9.17) is 9.47 Å². The zero-order chi connectivity index (χ0) is 19.1. The number of methoxy groups -OCH3 is 2. The molecule has 0 radical (unpaired) electrons. The highest BCUT2D eigenvalue weighted by atomic mass is 16.5. The molecule has 0 aromatic heterocycles. The Balaban J connectivity index is 1.30. The van der Waals surface area contributed by atoms with Crippen LogP contribution < -0.4 is 14.8 Å². The third-order valence-corrected chi connectivity index (χ3v) is 6.87. The van der Waals surface area contributed by atoms with Gasteiger partial charge in [-0.15, -0.1) is 0 Å². The molecule has 5 rings (SSSR count). The number of carbonyl (C=O) groups excluding carboxylic acids is 1. The summed E-state index contributed by atoms with van der Waals surface area (Å²) in [6.07, 6.45) is 7.53. The molecule has 5 heteroatoms. The van der Waals surface area contributed by atoms with Crippen molar-refractivity contribution in [2.24, 2.45) is 17.3 Å². The molecule has 1 amide bonds. The second-order valence-electron chi connectivity index (χ2n) is 9.15. The van der Waals surface area contributed by atoms with Gasteiger partial charge in [-0.05, 0) is 79.9 Å². The fourth-order valence-corrected chi connectivity index (χ4v) is 6.39. The maximum Gasteiger partial charge on any atom is 0.220 e. The monoisotopic (exact) mass is 373 g/mol. The molecule has 4 aliphatic carbocycles. The molecule has 0 unspecified atom stereocenters. The van der Waals surface area contributed by atoms with Crippen LogP contribution in [0.5, 0.6) is 11.5 Å². The molecule has 4 fully saturated rings. The molecule has 0 aliphatic heterocycles. The molecule has 0 spiro atoms. The largest absolute Gasteiger partial charge is 0.493 e. The summed E-state index contributed by atoms with van der Waals surface area (Å²) in [6, 6.07) is 5.85. The standard InChI is InChI=1S/C22H31NO4/c1-26-18-4-3-15(8-19(18)27-2)5-6-23-20(24)13-21-9-16-7-17(10-21)12-22(25,11-16)14-21/h3-4,8,16-17,25H,5-7,9-14H2,1-2H3,(H,23,24)/t16-,17-,21?,22?/m1/s1. The van der Waals surface area contributed by atoms with Gasteiger partial charge < -0.3 is 19.9 Å². The molecule has 1 aromatic rings. The average Bonchev–Trinajstić information content (AvgIpc) is 2.58. The molecule has 4 bridgehead atoms. The van der Waals surface area contributed by atoms with E-state index in [1.54, 1.807) is 14.2 Å². The number of hydrogen-bond donors (Lipinski definition) is 2. The van der Waals surface area contributed by atoms with Crippen molar-refractivity contribution in [2.75, 3.05) is 20.8 Å². The van der Waals surface area contributed by atoms with Crippen LogP contribution >= 0.6 is 0 Å². The van der Waals surface area contributed by atoms with Crippen molar-refractivity contribution in [3.8, 4) is 11.5 Å². The van der Waals surface area contributed by atoms with Crippen molar-refractivity contribution in [1.82, 2.24) is 5.32 Å². The maximum atomic E-state index is 12.6. The molecule has 0 heterocycles. The van der Waals surface area contributed by atoms with Gasteiger partial charge in [-0.1, -0.05) is 6.07 Å². The number of rotatable bonds is 7. The van der Waals surface area contributed by atoms with Crippen molar-refractivity contribution >= 4 is 5.91 Å². The van der Waals surface area contributed by atoms with Crippen molar-refractivity contribution in [3.63, 3.8) is 0 Å². The zero-order valence-electron chi connectivity index (χ0n) is 16.4. The first kappa shape index (κ1) is 18.6. The van der Waals surface area contributed by atoms with Crippen LogP contribution in [-0.4, -0.2) is 37.4 Å². The lowest BCUT2D eigenvalue weighted by atomic mass is 9.47.